The van der Waals surface area contributed by atoms with Gasteiger partial charge < -0.3 is 4.74 Å². The van der Waals surface area contributed by atoms with E-state index < -0.39 is 5.60 Å². The highest BCUT2D eigenvalue weighted by Crippen LogP contribution is 2.13. The minimum atomic E-state index is -0.517. The summed E-state index contributed by atoms with van der Waals surface area (Å²) >= 11 is 0. The van der Waals surface area contributed by atoms with Gasteiger partial charge in [0.2, 0.25) is 0 Å². The van der Waals surface area contributed by atoms with Crippen molar-refractivity contribution < 1.29 is 9.53 Å². The van der Waals surface area contributed by atoms with E-state index in [-0.39, 0.29) is 12.6 Å². The standard InChI is InChI=1S/C16H21NO2/c1-6-11-17(15(18)19-16(3,4)5)12-14-9-7-13(2)8-10-14/h1,7-10H,11-12H2,2-5H3. The van der Waals surface area contributed by atoms with E-state index in [1.165, 1.54) is 10.5 Å². The summed E-state index contributed by atoms with van der Waals surface area (Å²) in [5.74, 6) is 2.49. The van der Waals surface area contributed by atoms with E-state index in [0.717, 1.165) is 5.56 Å². The summed E-state index contributed by atoms with van der Waals surface area (Å²) in [4.78, 5) is 13.6. The molecule has 0 fully saturated rings. The smallest absolute Gasteiger partial charge is 0.411 e. The molecule has 3 nitrogen and oxygen atoms in total. The minimum absolute atomic E-state index is 0.239. The van der Waals surface area contributed by atoms with Crippen LogP contribution in [-0.2, 0) is 11.3 Å². The first-order valence-corrected chi connectivity index (χ1v) is 6.29. The third-order valence-electron chi connectivity index (χ3n) is 2.43. The van der Waals surface area contributed by atoms with Crippen molar-refractivity contribution in [1.29, 1.82) is 0 Å². The second-order valence-corrected chi connectivity index (χ2v) is 5.53. The molecule has 102 valence electrons. The molecule has 0 bridgehead atoms. The van der Waals surface area contributed by atoms with Gasteiger partial charge in [-0.2, -0.15) is 0 Å². The summed E-state index contributed by atoms with van der Waals surface area (Å²) in [6.45, 7) is 8.24. The lowest BCUT2D eigenvalue weighted by atomic mass is 10.1. The first-order chi connectivity index (χ1) is 8.81. The molecule has 0 saturated carbocycles. The molecule has 0 N–H and O–H groups in total. The van der Waals surface area contributed by atoms with E-state index in [9.17, 15) is 4.79 Å². The Balaban J connectivity index is 2.75. The summed E-state index contributed by atoms with van der Waals surface area (Å²) in [5, 5.41) is 0. The SMILES string of the molecule is C#CCN(Cc1ccc(C)cc1)C(=O)OC(C)(C)C. The molecule has 1 aromatic rings. The maximum atomic E-state index is 12.0. The normalized spacial score (nSPS) is 10.7. The second-order valence-electron chi connectivity index (χ2n) is 5.53. The highest BCUT2D eigenvalue weighted by atomic mass is 16.6. The van der Waals surface area contributed by atoms with Crippen LogP contribution in [0.1, 0.15) is 31.9 Å². The molecule has 1 aromatic carbocycles. The van der Waals surface area contributed by atoms with Crippen LogP contribution in [0.5, 0.6) is 0 Å². The van der Waals surface area contributed by atoms with E-state index >= 15 is 0 Å². The van der Waals surface area contributed by atoms with Crippen LogP contribution in [0.15, 0.2) is 24.3 Å². The van der Waals surface area contributed by atoms with Crippen molar-refractivity contribution in [3.63, 3.8) is 0 Å². The third kappa shape index (κ3) is 5.48. The quantitative estimate of drug-likeness (QED) is 0.779. The summed E-state index contributed by atoms with van der Waals surface area (Å²) in [7, 11) is 0. The lowest BCUT2D eigenvalue weighted by Crippen LogP contribution is -2.36. The van der Waals surface area contributed by atoms with Crippen molar-refractivity contribution in [2.75, 3.05) is 6.54 Å². The van der Waals surface area contributed by atoms with Gasteiger partial charge in [0.25, 0.3) is 0 Å². The number of amides is 1. The number of benzene rings is 1. The van der Waals surface area contributed by atoms with Crippen LogP contribution in [0.2, 0.25) is 0 Å². The van der Waals surface area contributed by atoms with Crippen molar-refractivity contribution in [2.45, 2.75) is 39.8 Å². The lowest BCUT2D eigenvalue weighted by molar-refractivity contribution is 0.0260. The van der Waals surface area contributed by atoms with Gasteiger partial charge in [0.1, 0.15) is 5.60 Å². The molecule has 0 atom stereocenters. The fourth-order valence-corrected chi connectivity index (χ4v) is 1.54. The number of ether oxygens (including phenoxy) is 1. The Morgan fingerprint density at radius 2 is 1.89 bits per heavy atom. The van der Waals surface area contributed by atoms with Gasteiger partial charge in [-0.3, -0.25) is 4.90 Å². The molecule has 0 unspecified atom stereocenters. The molecular formula is C16H21NO2. The molecule has 19 heavy (non-hydrogen) atoms. The number of hydrogen-bond donors (Lipinski definition) is 0. The maximum Gasteiger partial charge on any atom is 0.411 e. The predicted molar refractivity (Wildman–Crippen MR) is 76.7 cm³/mol. The van der Waals surface area contributed by atoms with E-state index in [1.54, 1.807) is 0 Å². The van der Waals surface area contributed by atoms with Gasteiger partial charge in [0.05, 0.1) is 6.54 Å². The Labute approximate surface area is 115 Å². The van der Waals surface area contributed by atoms with Crippen LogP contribution in [0.4, 0.5) is 4.79 Å². The first kappa shape index (κ1) is 15.1. The molecule has 1 amide bonds. The van der Waals surface area contributed by atoms with Crippen LogP contribution in [0.25, 0.3) is 0 Å². The van der Waals surface area contributed by atoms with Gasteiger partial charge in [-0.05, 0) is 33.3 Å². The van der Waals surface area contributed by atoms with Gasteiger partial charge in [0, 0.05) is 6.54 Å². The van der Waals surface area contributed by atoms with Crippen molar-refractivity contribution in [1.82, 2.24) is 4.90 Å². The van der Waals surface area contributed by atoms with E-state index in [0.29, 0.717) is 6.54 Å². The third-order valence-corrected chi connectivity index (χ3v) is 2.43. The molecule has 1 rings (SSSR count). The number of hydrogen-bond acceptors (Lipinski definition) is 2. The van der Waals surface area contributed by atoms with Crippen LogP contribution in [-0.4, -0.2) is 23.1 Å². The Bertz CT molecular complexity index is 463. The number of nitrogens with zero attached hydrogens (tertiary/aromatic N) is 1. The summed E-state index contributed by atoms with van der Waals surface area (Å²) in [6, 6.07) is 8.00. The number of rotatable bonds is 3. The highest BCUT2D eigenvalue weighted by molar-refractivity contribution is 5.68. The van der Waals surface area contributed by atoms with Gasteiger partial charge >= 0.3 is 6.09 Å². The molecule has 0 aromatic heterocycles. The summed E-state index contributed by atoms with van der Waals surface area (Å²) in [5.41, 5.74) is 1.70. The number of aryl methyl sites for hydroxylation is 1. The van der Waals surface area contributed by atoms with Gasteiger partial charge in [0.15, 0.2) is 0 Å². The van der Waals surface area contributed by atoms with Crippen molar-refractivity contribution in [3.05, 3.63) is 35.4 Å². The van der Waals surface area contributed by atoms with Crippen LogP contribution < -0.4 is 0 Å². The topological polar surface area (TPSA) is 29.5 Å². The number of terminal acetylenes is 1. The van der Waals surface area contributed by atoms with Crippen molar-refractivity contribution in [2.24, 2.45) is 0 Å². The Morgan fingerprint density at radius 1 is 1.32 bits per heavy atom. The molecule has 0 heterocycles. The van der Waals surface area contributed by atoms with Crippen LogP contribution in [0, 0.1) is 19.3 Å². The van der Waals surface area contributed by atoms with Gasteiger partial charge in [-0.15, -0.1) is 6.42 Å². The largest absolute Gasteiger partial charge is 0.444 e. The molecule has 0 aliphatic rings. The first-order valence-electron chi connectivity index (χ1n) is 6.29. The summed E-state index contributed by atoms with van der Waals surface area (Å²) in [6.07, 6.45) is 4.93. The van der Waals surface area contributed by atoms with E-state index in [1.807, 2.05) is 52.0 Å². The zero-order valence-electron chi connectivity index (χ0n) is 12.1. The molecular weight excluding hydrogens is 238 g/mol. The zero-order valence-corrected chi connectivity index (χ0v) is 12.1. The minimum Gasteiger partial charge on any atom is -0.444 e. The van der Waals surface area contributed by atoms with E-state index in [2.05, 4.69) is 5.92 Å². The maximum absolute atomic E-state index is 12.0. The lowest BCUT2D eigenvalue weighted by Gasteiger charge is -2.26. The Morgan fingerprint density at radius 3 is 2.37 bits per heavy atom. The fraction of sp³-hybridized carbons (Fsp3) is 0.438. The van der Waals surface area contributed by atoms with Crippen molar-refractivity contribution >= 4 is 6.09 Å². The fourth-order valence-electron chi connectivity index (χ4n) is 1.54. The Kier molecular flexibility index (Phi) is 5.00. The molecule has 0 spiro atoms. The average molecular weight is 259 g/mol. The van der Waals surface area contributed by atoms with Crippen LogP contribution in [0.3, 0.4) is 0 Å². The van der Waals surface area contributed by atoms with Gasteiger partial charge in [-0.25, -0.2) is 4.79 Å². The molecule has 0 aliphatic carbocycles. The van der Waals surface area contributed by atoms with Crippen molar-refractivity contribution in [3.8, 4) is 12.3 Å². The predicted octanol–water partition coefficient (Wildman–Crippen LogP) is 3.37. The van der Waals surface area contributed by atoms with Gasteiger partial charge in [-0.1, -0.05) is 35.7 Å². The molecule has 3 heteroatoms. The summed E-state index contributed by atoms with van der Waals surface area (Å²) < 4.78 is 5.34. The zero-order chi connectivity index (χ0) is 14.5. The second kappa shape index (κ2) is 6.29. The highest BCUT2D eigenvalue weighted by Gasteiger charge is 2.21. The van der Waals surface area contributed by atoms with Crippen LogP contribution >= 0.6 is 0 Å². The Hall–Kier alpha value is -1.95. The molecule has 0 saturated heterocycles. The molecule has 0 aliphatic heterocycles. The monoisotopic (exact) mass is 259 g/mol. The molecule has 0 radical (unpaired) electrons. The number of carbonyl (C=O) groups excluding carboxylic acids is 1. The van der Waals surface area contributed by atoms with E-state index in [4.69, 9.17) is 11.2 Å². The average Bonchev–Trinajstić information content (AvgIpc) is 2.29. The number of carbonyl (C=O) groups is 1.